The average Bonchev–Trinajstić information content (AvgIpc) is 2.67. The molecule has 1 aromatic heterocycles. The quantitative estimate of drug-likeness (QED) is 0.785. The normalized spacial score (nSPS) is 10.7. The van der Waals surface area contributed by atoms with Gasteiger partial charge in [0.25, 0.3) is 0 Å². The highest BCUT2D eigenvalue weighted by atomic mass is 35.5. The van der Waals surface area contributed by atoms with E-state index in [0.29, 0.717) is 17.9 Å². The second-order valence-corrected chi connectivity index (χ2v) is 5.48. The van der Waals surface area contributed by atoms with Crippen molar-refractivity contribution < 1.29 is 9.13 Å². The molecule has 0 aliphatic heterocycles. The highest BCUT2D eigenvalue weighted by Gasteiger charge is 2.08. The molecule has 18 heavy (non-hydrogen) atoms. The summed E-state index contributed by atoms with van der Waals surface area (Å²) in [5, 5.41) is 0.912. The van der Waals surface area contributed by atoms with E-state index in [-0.39, 0.29) is 11.7 Å². The third-order valence-electron chi connectivity index (χ3n) is 2.59. The molecule has 0 saturated heterocycles. The van der Waals surface area contributed by atoms with Crippen molar-refractivity contribution in [1.29, 1.82) is 0 Å². The Morgan fingerprint density at radius 2 is 2.17 bits per heavy atom. The molecule has 0 aliphatic rings. The molecule has 2 rings (SSSR count). The van der Waals surface area contributed by atoms with Gasteiger partial charge in [0.2, 0.25) is 0 Å². The van der Waals surface area contributed by atoms with Crippen molar-refractivity contribution in [1.82, 2.24) is 4.98 Å². The molecule has 96 valence electrons. The molecule has 2 aromatic rings. The van der Waals surface area contributed by atoms with E-state index in [1.807, 2.05) is 13.8 Å². The van der Waals surface area contributed by atoms with Crippen LogP contribution >= 0.6 is 22.9 Å². The number of nitrogens with zero attached hydrogens (tertiary/aromatic N) is 1. The van der Waals surface area contributed by atoms with Crippen molar-refractivity contribution in [2.24, 2.45) is 0 Å². The van der Waals surface area contributed by atoms with Gasteiger partial charge in [0, 0.05) is 10.4 Å². The lowest BCUT2D eigenvalue weighted by Crippen LogP contribution is -1.98. The van der Waals surface area contributed by atoms with Crippen molar-refractivity contribution in [2.45, 2.75) is 26.3 Å². The van der Waals surface area contributed by atoms with Gasteiger partial charge in [0.15, 0.2) is 0 Å². The number of hydrogen-bond acceptors (Lipinski definition) is 3. The SMILES string of the molecule is Cc1nc(COc2ccc(F)cc2CCl)sc1C. The van der Waals surface area contributed by atoms with Crippen molar-refractivity contribution >= 4 is 22.9 Å². The molecule has 1 heterocycles. The van der Waals surface area contributed by atoms with E-state index in [2.05, 4.69) is 4.98 Å². The van der Waals surface area contributed by atoms with Gasteiger partial charge in [-0.3, -0.25) is 0 Å². The van der Waals surface area contributed by atoms with Crippen LogP contribution in [-0.4, -0.2) is 4.98 Å². The van der Waals surface area contributed by atoms with Crippen LogP contribution in [-0.2, 0) is 12.5 Å². The van der Waals surface area contributed by atoms with Gasteiger partial charge in [-0.2, -0.15) is 0 Å². The van der Waals surface area contributed by atoms with E-state index in [1.54, 1.807) is 17.4 Å². The van der Waals surface area contributed by atoms with Gasteiger partial charge < -0.3 is 4.74 Å². The zero-order valence-electron chi connectivity index (χ0n) is 10.2. The van der Waals surface area contributed by atoms with Gasteiger partial charge in [-0.25, -0.2) is 9.37 Å². The van der Waals surface area contributed by atoms with Crippen LogP contribution in [0.1, 0.15) is 21.1 Å². The number of ether oxygens (including phenoxy) is 1. The highest BCUT2D eigenvalue weighted by molar-refractivity contribution is 7.11. The number of thiazole rings is 1. The molecule has 0 spiro atoms. The van der Waals surface area contributed by atoms with Gasteiger partial charge >= 0.3 is 0 Å². The number of hydrogen-bond donors (Lipinski definition) is 0. The van der Waals surface area contributed by atoms with Crippen LogP contribution in [0.25, 0.3) is 0 Å². The Morgan fingerprint density at radius 3 is 2.78 bits per heavy atom. The number of halogens is 2. The Morgan fingerprint density at radius 1 is 1.39 bits per heavy atom. The third-order valence-corrected chi connectivity index (χ3v) is 3.92. The first-order valence-corrected chi connectivity index (χ1v) is 6.85. The molecular weight excluding hydrogens is 273 g/mol. The van der Waals surface area contributed by atoms with Crippen LogP contribution in [0.3, 0.4) is 0 Å². The minimum absolute atomic E-state index is 0.225. The van der Waals surface area contributed by atoms with E-state index in [0.717, 1.165) is 10.7 Å². The third kappa shape index (κ3) is 3.00. The van der Waals surface area contributed by atoms with Gasteiger partial charge in [0.05, 0.1) is 11.6 Å². The predicted molar refractivity (Wildman–Crippen MR) is 71.9 cm³/mol. The molecule has 1 aromatic carbocycles. The Bertz CT molecular complexity index is 536. The predicted octanol–water partition coefficient (Wildman–Crippen LogP) is 4.22. The van der Waals surface area contributed by atoms with Gasteiger partial charge in [-0.1, -0.05) is 0 Å². The molecule has 0 saturated carbocycles. The molecule has 0 N–H and O–H groups in total. The van der Waals surface area contributed by atoms with Crippen LogP contribution in [0.5, 0.6) is 5.75 Å². The fourth-order valence-corrected chi connectivity index (χ4v) is 2.59. The van der Waals surface area contributed by atoms with E-state index in [1.165, 1.54) is 17.0 Å². The number of rotatable bonds is 4. The molecule has 0 radical (unpaired) electrons. The number of benzene rings is 1. The van der Waals surface area contributed by atoms with E-state index in [4.69, 9.17) is 16.3 Å². The smallest absolute Gasteiger partial charge is 0.140 e. The molecule has 0 unspecified atom stereocenters. The summed E-state index contributed by atoms with van der Waals surface area (Å²) in [5.41, 5.74) is 1.68. The van der Waals surface area contributed by atoms with Crippen molar-refractivity contribution in [3.63, 3.8) is 0 Å². The maximum atomic E-state index is 13.0. The summed E-state index contributed by atoms with van der Waals surface area (Å²) >= 11 is 7.36. The highest BCUT2D eigenvalue weighted by Crippen LogP contribution is 2.24. The topological polar surface area (TPSA) is 22.1 Å². The lowest BCUT2D eigenvalue weighted by atomic mass is 10.2. The first-order valence-electron chi connectivity index (χ1n) is 5.50. The minimum atomic E-state index is -0.307. The maximum absolute atomic E-state index is 13.0. The number of aromatic nitrogens is 1. The molecule has 5 heteroatoms. The average molecular weight is 286 g/mol. The monoisotopic (exact) mass is 285 g/mol. The maximum Gasteiger partial charge on any atom is 0.140 e. The second kappa shape index (κ2) is 5.67. The first-order chi connectivity index (χ1) is 8.60. The van der Waals surface area contributed by atoms with Crippen LogP contribution in [0.4, 0.5) is 4.39 Å². The van der Waals surface area contributed by atoms with Crippen LogP contribution in [0, 0.1) is 19.7 Å². The zero-order chi connectivity index (χ0) is 13.1. The van der Waals surface area contributed by atoms with Gasteiger partial charge in [0.1, 0.15) is 23.2 Å². The minimum Gasteiger partial charge on any atom is -0.486 e. The van der Waals surface area contributed by atoms with E-state index >= 15 is 0 Å². The van der Waals surface area contributed by atoms with Crippen LogP contribution < -0.4 is 4.74 Å². The standard InChI is InChI=1S/C13H13ClFNOS/c1-8-9(2)18-13(16-8)7-17-12-4-3-11(15)5-10(12)6-14/h3-5H,6-7H2,1-2H3. The van der Waals surface area contributed by atoms with Gasteiger partial charge in [-0.05, 0) is 32.0 Å². The molecule has 0 atom stereocenters. The second-order valence-electron chi connectivity index (χ2n) is 3.92. The first kappa shape index (κ1) is 13.3. The molecule has 0 fully saturated rings. The van der Waals surface area contributed by atoms with Gasteiger partial charge in [-0.15, -0.1) is 22.9 Å². The van der Waals surface area contributed by atoms with Crippen molar-refractivity contribution in [2.75, 3.05) is 0 Å². The molecule has 0 aliphatic carbocycles. The number of aryl methyl sites for hydroxylation is 2. The van der Waals surface area contributed by atoms with Crippen LogP contribution in [0.2, 0.25) is 0 Å². The Kier molecular flexibility index (Phi) is 4.19. The van der Waals surface area contributed by atoms with Crippen LogP contribution in [0.15, 0.2) is 18.2 Å². The lowest BCUT2D eigenvalue weighted by Gasteiger charge is -2.08. The Labute approximate surface area is 114 Å². The van der Waals surface area contributed by atoms with Crippen molar-refractivity contribution in [3.8, 4) is 5.75 Å². The Hall–Kier alpha value is -1.13. The zero-order valence-corrected chi connectivity index (χ0v) is 11.7. The molecule has 0 bridgehead atoms. The summed E-state index contributed by atoms with van der Waals surface area (Å²) in [5.74, 6) is 0.527. The summed E-state index contributed by atoms with van der Waals surface area (Å²) in [6.45, 7) is 4.38. The largest absolute Gasteiger partial charge is 0.486 e. The lowest BCUT2D eigenvalue weighted by molar-refractivity contribution is 0.302. The fraction of sp³-hybridized carbons (Fsp3) is 0.308. The van der Waals surface area contributed by atoms with E-state index in [9.17, 15) is 4.39 Å². The summed E-state index contributed by atoms with van der Waals surface area (Å²) in [6.07, 6.45) is 0. The summed E-state index contributed by atoms with van der Waals surface area (Å²) in [7, 11) is 0. The Balaban J connectivity index is 2.10. The summed E-state index contributed by atoms with van der Waals surface area (Å²) in [6, 6.07) is 4.35. The summed E-state index contributed by atoms with van der Waals surface area (Å²) in [4.78, 5) is 5.57. The summed E-state index contributed by atoms with van der Waals surface area (Å²) < 4.78 is 18.7. The van der Waals surface area contributed by atoms with E-state index < -0.39 is 0 Å². The molecule has 2 nitrogen and oxygen atoms in total. The fourth-order valence-electron chi connectivity index (χ4n) is 1.53. The molecule has 0 amide bonds. The molecular formula is C13H13ClFNOS. The van der Waals surface area contributed by atoms with Crippen molar-refractivity contribution in [3.05, 3.63) is 45.2 Å². The number of alkyl halides is 1.